The molecule has 27 heavy (non-hydrogen) atoms. The number of ether oxygens (including phenoxy) is 2. The van der Waals surface area contributed by atoms with Crippen molar-refractivity contribution >= 4 is 34.5 Å². The molecule has 2 aromatic carbocycles. The maximum absolute atomic E-state index is 12.9. The van der Waals surface area contributed by atoms with Crippen LogP contribution < -0.4 is 14.8 Å². The van der Waals surface area contributed by atoms with Crippen molar-refractivity contribution in [2.75, 3.05) is 12.4 Å². The molecule has 0 bridgehead atoms. The van der Waals surface area contributed by atoms with Crippen LogP contribution in [-0.4, -0.2) is 18.0 Å². The van der Waals surface area contributed by atoms with Gasteiger partial charge in [0.05, 0.1) is 17.8 Å². The summed E-state index contributed by atoms with van der Waals surface area (Å²) in [6.07, 6.45) is 0. The average molecular weight is 407 g/mol. The van der Waals surface area contributed by atoms with Gasteiger partial charge in [-0.1, -0.05) is 11.6 Å². The molecule has 0 radical (unpaired) electrons. The Kier molecular flexibility index (Phi) is 5.93. The fourth-order valence-corrected chi connectivity index (χ4v) is 3.46. The number of nitrogens with one attached hydrogen (secondary N) is 1. The molecule has 0 unspecified atom stereocenters. The summed E-state index contributed by atoms with van der Waals surface area (Å²) in [7, 11) is 1.52. The second-order valence-corrected chi connectivity index (χ2v) is 7.06. The molecule has 0 atom stereocenters. The van der Waals surface area contributed by atoms with E-state index in [2.05, 4.69) is 10.3 Å². The summed E-state index contributed by atoms with van der Waals surface area (Å²) < 4.78 is 23.6. The van der Waals surface area contributed by atoms with Gasteiger partial charge in [0.1, 0.15) is 33.8 Å². The summed E-state index contributed by atoms with van der Waals surface area (Å²) in [6, 6.07) is 10.7. The zero-order valence-corrected chi connectivity index (χ0v) is 16.2. The lowest BCUT2D eigenvalue weighted by Crippen LogP contribution is -2.11. The third kappa shape index (κ3) is 4.75. The standard InChI is InChI=1S/C19H16ClFN2O3S/c1-11-18(19(24)23-13-5-8-16(25-2)15(20)9-13)27-17(22-11)10-26-14-6-3-12(21)4-7-14/h3-9H,10H2,1-2H3,(H,23,24). The molecule has 140 valence electrons. The molecule has 0 aliphatic carbocycles. The highest BCUT2D eigenvalue weighted by molar-refractivity contribution is 7.13. The molecule has 0 saturated heterocycles. The molecule has 3 rings (SSSR count). The molecule has 1 aromatic heterocycles. The third-order valence-electron chi connectivity index (χ3n) is 3.63. The molecule has 8 heteroatoms. The Labute approximate surface area is 164 Å². The molecule has 1 amide bonds. The number of aryl methyl sites for hydroxylation is 1. The summed E-state index contributed by atoms with van der Waals surface area (Å²) in [5.41, 5.74) is 1.16. The summed E-state index contributed by atoms with van der Waals surface area (Å²) in [4.78, 5) is 17.4. The lowest BCUT2D eigenvalue weighted by Gasteiger charge is -2.07. The number of amides is 1. The first-order valence-corrected chi connectivity index (χ1v) is 9.15. The molecule has 0 fully saturated rings. The highest BCUT2D eigenvalue weighted by Gasteiger charge is 2.16. The predicted octanol–water partition coefficient (Wildman–Crippen LogP) is 5.08. The number of methoxy groups -OCH3 is 1. The Bertz CT molecular complexity index is 960. The van der Waals surface area contributed by atoms with E-state index in [1.165, 1.54) is 42.7 Å². The van der Waals surface area contributed by atoms with Crippen LogP contribution in [0.15, 0.2) is 42.5 Å². The van der Waals surface area contributed by atoms with Crippen LogP contribution in [0, 0.1) is 12.7 Å². The lowest BCUT2D eigenvalue weighted by molar-refractivity contribution is 0.103. The van der Waals surface area contributed by atoms with Gasteiger partial charge in [-0.3, -0.25) is 4.79 Å². The number of thiazole rings is 1. The number of hydrogen-bond acceptors (Lipinski definition) is 5. The van der Waals surface area contributed by atoms with Gasteiger partial charge in [0.15, 0.2) is 0 Å². The van der Waals surface area contributed by atoms with Crippen molar-refractivity contribution in [3.8, 4) is 11.5 Å². The highest BCUT2D eigenvalue weighted by atomic mass is 35.5. The van der Waals surface area contributed by atoms with E-state index >= 15 is 0 Å². The van der Waals surface area contributed by atoms with Gasteiger partial charge < -0.3 is 14.8 Å². The normalized spacial score (nSPS) is 10.5. The predicted molar refractivity (Wildman–Crippen MR) is 104 cm³/mol. The number of hydrogen-bond donors (Lipinski definition) is 1. The number of carbonyl (C=O) groups is 1. The van der Waals surface area contributed by atoms with Crippen LogP contribution >= 0.6 is 22.9 Å². The van der Waals surface area contributed by atoms with E-state index in [1.807, 2.05) is 0 Å². The molecule has 1 heterocycles. The van der Waals surface area contributed by atoms with E-state index < -0.39 is 0 Å². The number of aromatic nitrogens is 1. The number of carbonyl (C=O) groups excluding carboxylic acids is 1. The first-order valence-electron chi connectivity index (χ1n) is 7.96. The van der Waals surface area contributed by atoms with Crippen LogP contribution in [-0.2, 0) is 6.61 Å². The Balaban J connectivity index is 1.67. The number of nitrogens with zero attached hydrogens (tertiary/aromatic N) is 1. The Morgan fingerprint density at radius 2 is 2.00 bits per heavy atom. The van der Waals surface area contributed by atoms with Crippen LogP contribution in [0.5, 0.6) is 11.5 Å². The van der Waals surface area contributed by atoms with Gasteiger partial charge in [0.25, 0.3) is 5.91 Å². The van der Waals surface area contributed by atoms with Gasteiger partial charge in [-0.25, -0.2) is 9.37 Å². The van der Waals surface area contributed by atoms with E-state index in [4.69, 9.17) is 21.1 Å². The SMILES string of the molecule is COc1ccc(NC(=O)c2sc(COc3ccc(F)cc3)nc2C)cc1Cl. The van der Waals surface area contributed by atoms with Crippen molar-refractivity contribution in [2.24, 2.45) is 0 Å². The van der Waals surface area contributed by atoms with Crippen LogP contribution in [0.2, 0.25) is 5.02 Å². The van der Waals surface area contributed by atoms with Crippen molar-refractivity contribution in [2.45, 2.75) is 13.5 Å². The van der Waals surface area contributed by atoms with Crippen molar-refractivity contribution in [1.82, 2.24) is 4.98 Å². The quantitative estimate of drug-likeness (QED) is 0.619. The van der Waals surface area contributed by atoms with Gasteiger partial charge in [-0.15, -0.1) is 11.3 Å². The summed E-state index contributed by atoms with van der Waals surface area (Å²) in [6.45, 7) is 1.95. The molecule has 5 nitrogen and oxygen atoms in total. The van der Waals surface area contributed by atoms with E-state index in [9.17, 15) is 9.18 Å². The Hall–Kier alpha value is -2.64. The van der Waals surface area contributed by atoms with Crippen molar-refractivity contribution < 1.29 is 18.7 Å². The second-order valence-electron chi connectivity index (χ2n) is 5.57. The first kappa shape index (κ1) is 19.1. The van der Waals surface area contributed by atoms with Crippen LogP contribution in [0.3, 0.4) is 0 Å². The lowest BCUT2D eigenvalue weighted by atomic mass is 10.3. The molecule has 3 aromatic rings. The molecule has 0 aliphatic rings. The molecular weight excluding hydrogens is 391 g/mol. The maximum atomic E-state index is 12.9. The summed E-state index contributed by atoms with van der Waals surface area (Å²) >= 11 is 7.32. The third-order valence-corrected chi connectivity index (χ3v) is 5.06. The van der Waals surface area contributed by atoms with E-state index in [-0.39, 0.29) is 18.3 Å². The summed E-state index contributed by atoms with van der Waals surface area (Å²) in [5.74, 6) is 0.455. The Morgan fingerprint density at radius 1 is 1.26 bits per heavy atom. The van der Waals surface area contributed by atoms with Gasteiger partial charge in [0, 0.05) is 5.69 Å². The largest absolute Gasteiger partial charge is 0.495 e. The smallest absolute Gasteiger partial charge is 0.267 e. The summed E-state index contributed by atoms with van der Waals surface area (Å²) in [5, 5.41) is 3.85. The van der Waals surface area contributed by atoms with Crippen LogP contribution in [0.4, 0.5) is 10.1 Å². The molecular formula is C19H16ClFN2O3S. The highest BCUT2D eigenvalue weighted by Crippen LogP contribution is 2.28. The minimum atomic E-state index is -0.329. The van der Waals surface area contributed by atoms with E-state index in [1.54, 1.807) is 25.1 Å². The van der Waals surface area contributed by atoms with Crippen LogP contribution in [0.25, 0.3) is 0 Å². The second kappa shape index (κ2) is 8.37. The number of benzene rings is 2. The maximum Gasteiger partial charge on any atom is 0.267 e. The Morgan fingerprint density at radius 3 is 2.67 bits per heavy atom. The molecule has 0 saturated carbocycles. The van der Waals surface area contributed by atoms with E-state index in [0.717, 1.165) is 0 Å². The first-order chi connectivity index (χ1) is 13.0. The van der Waals surface area contributed by atoms with Crippen molar-refractivity contribution in [3.05, 3.63) is 68.9 Å². The average Bonchev–Trinajstić information content (AvgIpc) is 3.02. The van der Waals surface area contributed by atoms with Gasteiger partial charge in [-0.2, -0.15) is 0 Å². The van der Waals surface area contributed by atoms with Gasteiger partial charge in [0.2, 0.25) is 0 Å². The van der Waals surface area contributed by atoms with Gasteiger partial charge >= 0.3 is 0 Å². The monoisotopic (exact) mass is 406 g/mol. The number of rotatable bonds is 6. The van der Waals surface area contributed by atoms with Crippen LogP contribution in [0.1, 0.15) is 20.4 Å². The minimum absolute atomic E-state index is 0.193. The number of anilines is 1. The van der Waals surface area contributed by atoms with Crippen molar-refractivity contribution in [1.29, 1.82) is 0 Å². The van der Waals surface area contributed by atoms with Gasteiger partial charge in [-0.05, 0) is 49.4 Å². The minimum Gasteiger partial charge on any atom is -0.495 e. The topological polar surface area (TPSA) is 60.5 Å². The van der Waals surface area contributed by atoms with E-state index in [0.29, 0.717) is 37.8 Å². The number of halogens is 2. The molecule has 1 N–H and O–H groups in total. The fourth-order valence-electron chi connectivity index (χ4n) is 2.33. The fraction of sp³-hybridized carbons (Fsp3) is 0.158. The van der Waals surface area contributed by atoms with Crippen molar-refractivity contribution in [3.63, 3.8) is 0 Å². The zero-order valence-electron chi connectivity index (χ0n) is 14.6. The zero-order chi connectivity index (χ0) is 19.4. The molecule has 0 aliphatic heterocycles. The molecule has 0 spiro atoms.